The van der Waals surface area contributed by atoms with E-state index in [-0.39, 0.29) is 129 Å². The summed E-state index contributed by atoms with van der Waals surface area (Å²) in [6, 6.07) is 45.3. The van der Waals surface area contributed by atoms with Crippen LogP contribution in [0.1, 0.15) is 204 Å². The zero-order valence-electron chi connectivity index (χ0n) is 66.8. The van der Waals surface area contributed by atoms with Crippen LogP contribution in [-0.2, 0) is 56.0 Å². The molecule has 0 heterocycles. The number of thiocarbonyl (C=S) groups is 2. The smallest absolute Gasteiger partial charge is 0.374 e. The highest BCUT2D eigenvalue weighted by atomic mass is 32.1. The van der Waals surface area contributed by atoms with Crippen LogP contribution in [-0.4, -0.2) is 109 Å². The van der Waals surface area contributed by atoms with Gasteiger partial charge in [-0.2, -0.15) is 13.2 Å². The van der Waals surface area contributed by atoms with Crippen LogP contribution in [0.4, 0.5) is 44.7 Å². The molecule has 115 heavy (non-hydrogen) atoms. The fourth-order valence-corrected chi connectivity index (χ4v) is 10.3. The maximum Gasteiger partial charge on any atom is 0.409 e. The highest BCUT2D eigenvalue weighted by Gasteiger charge is 2.58. The van der Waals surface area contributed by atoms with E-state index in [1.807, 2.05) is 183 Å². The number of para-hydroxylation sites is 3. The number of hydrogen-bond acceptors (Lipinski definition) is 12. The van der Waals surface area contributed by atoms with E-state index in [0.29, 0.717) is 59.4 Å². The first-order valence-corrected chi connectivity index (χ1v) is 36.9. The molecule has 0 aliphatic heterocycles. The molecule has 0 bridgehead atoms. The summed E-state index contributed by atoms with van der Waals surface area (Å²) in [7, 11) is 0. The third-order valence-electron chi connectivity index (χ3n) is 14.6. The van der Waals surface area contributed by atoms with Crippen molar-refractivity contribution in [3.8, 4) is 0 Å². The van der Waals surface area contributed by atoms with Gasteiger partial charge in [-0.05, 0) is 259 Å². The lowest BCUT2D eigenvalue weighted by Gasteiger charge is -2.25. The zero-order valence-corrected chi connectivity index (χ0v) is 68.4. The SMILES string of the molecule is C.C.C.C.CC(C)(C)NC(=O)C1(C(=O)Nc2ccc(F)cc2)CC1.CC(C)(C)NC(=O)C1(C(=O)Nc2ccccc2)CC1.CC(C)(C)NC(=O)CC(=O)Nc1ccccc1.CC(C)(C)NC(=O)CC(Nc1ccccc1)C(F)(F)F.CC(C)(C)NC(=S)NC(=O)Cc1ccc(F)cc1.CC(C)(C)NC(=S)NC(=O)Cc1ccccc1. The maximum atomic E-state index is 13.0. The van der Waals surface area contributed by atoms with Gasteiger partial charge in [0.1, 0.15) is 34.9 Å². The summed E-state index contributed by atoms with van der Waals surface area (Å²) in [5.74, 6) is -3.17. The third kappa shape index (κ3) is 46.7. The fourth-order valence-electron chi connectivity index (χ4n) is 9.47. The Hall–Kier alpha value is -10.2. The highest BCUT2D eigenvalue weighted by Crippen LogP contribution is 2.48. The van der Waals surface area contributed by atoms with Crippen LogP contribution in [0.3, 0.4) is 0 Å². The number of alkyl halides is 3. The Morgan fingerprint density at radius 3 is 0.948 bits per heavy atom. The quantitative estimate of drug-likeness (QED) is 0.0230. The molecule has 1 unspecified atom stereocenters. The van der Waals surface area contributed by atoms with Gasteiger partial charge < -0.3 is 63.8 Å². The number of carbonyl (C=O) groups is 9. The number of anilines is 4. The number of nitrogens with one attached hydrogen (secondary N) is 12. The van der Waals surface area contributed by atoms with Crippen LogP contribution >= 0.6 is 24.4 Å². The second-order valence-corrected chi connectivity index (χ2v) is 33.6. The normalized spacial score (nSPS) is 12.9. The van der Waals surface area contributed by atoms with E-state index in [4.69, 9.17) is 24.4 Å². The summed E-state index contributed by atoms with van der Waals surface area (Å²) >= 11 is 10.1. The largest absolute Gasteiger partial charge is 0.409 e. The molecule has 0 saturated heterocycles. The van der Waals surface area contributed by atoms with Crippen molar-refractivity contribution in [3.05, 3.63) is 193 Å². The Morgan fingerprint density at radius 2 is 0.626 bits per heavy atom. The Kier molecular flexibility index (Phi) is 44.2. The van der Waals surface area contributed by atoms with Crippen LogP contribution < -0.4 is 63.8 Å². The van der Waals surface area contributed by atoms with Crippen molar-refractivity contribution in [1.29, 1.82) is 0 Å². The van der Waals surface area contributed by atoms with Crippen molar-refractivity contribution in [2.45, 2.75) is 251 Å². The van der Waals surface area contributed by atoms with Crippen LogP contribution in [0.2, 0.25) is 0 Å². The summed E-state index contributed by atoms with van der Waals surface area (Å²) in [4.78, 5) is 107. The van der Waals surface area contributed by atoms with E-state index in [2.05, 4.69) is 63.8 Å². The molecule has 0 aromatic heterocycles. The van der Waals surface area contributed by atoms with E-state index in [9.17, 15) is 65.1 Å². The number of halogens is 5. The number of rotatable bonds is 17. The highest BCUT2D eigenvalue weighted by molar-refractivity contribution is 7.80. The summed E-state index contributed by atoms with van der Waals surface area (Å²) in [5.41, 5.74) is 0.221. The molecule has 0 spiro atoms. The minimum atomic E-state index is -4.49. The van der Waals surface area contributed by atoms with Gasteiger partial charge >= 0.3 is 6.18 Å². The molecule has 2 aliphatic rings. The van der Waals surface area contributed by atoms with E-state index in [1.54, 1.807) is 63.2 Å². The first-order valence-electron chi connectivity index (χ1n) is 36.1. The molecular weight excluding hydrogens is 1520 g/mol. The second kappa shape index (κ2) is 47.6. The van der Waals surface area contributed by atoms with Crippen molar-refractivity contribution in [2.75, 3.05) is 21.3 Å². The molecule has 9 amide bonds. The molecule has 21 nitrogen and oxygen atoms in total. The van der Waals surface area contributed by atoms with Crippen molar-refractivity contribution < 1.29 is 65.1 Å². The lowest BCUT2D eigenvalue weighted by molar-refractivity contribution is -0.150. The van der Waals surface area contributed by atoms with Gasteiger partial charge in [-0.1, -0.05) is 127 Å². The van der Waals surface area contributed by atoms with Gasteiger partial charge in [0.05, 0.1) is 19.3 Å². The Morgan fingerprint density at radius 1 is 0.339 bits per heavy atom. The molecule has 6 aromatic rings. The number of carbonyl (C=O) groups excluding carboxylic acids is 9. The number of benzene rings is 6. The van der Waals surface area contributed by atoms with Gasteiger partial charge in [0, 0.05) is 56.0 Å². The average Bonchev–Trinajstić information content (AvgIpc) is 1.61. The molecule has 2 saturated carbocycles. The Labute approximate surface area is 690 Å². The standard InChI is InChI=1S/C15H19FN2O2.C15H20N2O2.C14H19F3N2O.C13H17FN2OS.C13H18N2O2.C13H18N2OS.4CH4/c1-14(2,3)18-13(20)15(8-9-15)12(19)17-11-6-4-10(16)5-7-11;1-14(2,3)17-13(19)15(9-10-15)12(18)16-11-7-5-4-6-8-11;1-13(2,3)19-12(20)9-11(14(15,16)17)18-10-7-5-4-6-8-10;1-13(2,3)16-12(18)15-11(17)8-9-4-6-10(14)7-5-9;1-13(2,3)15-12(17)9-11(16)14-10-7-5-4-6-8-10;1-13(2,3)15-12(17)14-11(16)9-10-7-5-4-6-8-10;;;;/h4-7H,8-9H2,1-3H3,(H,17,19)(H,18,20);4-8H,9-10H2,1-3H3,(H,16,18)(H,17,19);4-8,11,18H,9H2,1-3H3,(H,19,20);4-7H,8H2,1-3H3,(H2,15,16,17,18);4-8H,9H2,1-3H3,(H,14,16)(H,15,17);4-8H,9H2,1-3H3,(H2,14,15,16,17);4*1H4. The zero-order chi connectivity index (χ0) is 84.0. The minimum absolute atomic E-state index is 0. The molecule has 28 heteroatoms. The molecule has 2 aliphatic carbocycles. The van der Waals surface area contributed by atoms with Crippen LogP contribution in [0.15, 0.2) is 170 Å². The monoisotopic (exact) mass is 1640 g/mol. The summed E-state index contributed by atoms with van der Waals surface area (Å²) in [6.07, 6.45) is -2.48. The van der Waals surface area contributed by atoms with Gasteiger partial charge in [0.2, 0.25) is 53.2 Å². The lowest BCUT2D eigenvalue weighted by atomic mass is 10.0. The van der Waals surface area contributed by atoms with Crippen LogP contribution in [0.5, 0.6) is 0 Å². The molecule has 12 N–H and O–H groups in total. The molecule has 2 fully saturated rings. The Balaban J connectivity index is 0. The summed E-state index contributed by atoms with van der Waals surface area (Å²) in [6.45, 7) is 34.0. The molecule has 1 atom stereocenters. The van der Waals surface area contributed by atoms with Crippen molar-refractivity contribution >= 4 is 111 Å². The van der Waals surface area contributed by atoms with E-state index in [0.717, 1.165) is 16.8 Å². The summed E-state index contributed by atoms with van der Waals surface area (Å²) in [5, 5.41) is 33.4. The maximum absolute atomic E-state index is 13.0. The fraction of sp³-hybridized carbons (Fsp3) is 0.460. The number of hydrogen-bond donors (Lipinski definition) is 12. The predicted molar refractivity (Wildman–Crippen MR) is 464 cm³/mol. The summed E-state index contributed by atoms with van der Waals surface area (Å²) < 4.78 is 64.4. The molecule has 6 aromatic carbocycles. The van der Waals surface area contributed by atoms with Gasteiger partial charge in [-0.3, -0.25) is 43.2 Å². The van der Waals surface area contributed by atoms with Gasteiger partial charge in [-0.15, -0.1) is 0 Å². The first kappa shape index (κ1) is 107. The van der Waals surface area contributed by atoms with E-state index >= 15 is 0 Å². The average molecular weight is 1640 g/mol. The number of amides is 9. The minimum Gasteiger partial charge on any atom is -0.374 e. The van der Waals surface area contributed by atoms with Crippen LogP contribution in [0, 0.1) is 22.5 Å². The van der Waals surface area contributed by atoms with Crippen molar-refractivity contribution in [3.63, 3.8) is 0 Å². The van der Waals surface area contributed by atoms with Crippen molar-refractivity contribution in [1.82, 2.24) is 42.5 Å². The van der Waals surface area contributed by atoms with Gasteiger partial charge in [-0.25, -0.2) is 8.78 Å². The second-order valence-electron chi connectivity index (χ2n) is 32.8. The van der Waals surface area contributed by atoms with E-state index in [1.165, 1.54) is 48.5 Å². The topological polar surface area (TPSA) is 298 Å². The molecular formula is C87H127F5N12O9S2. The first-order chi connectivity index (χ1) is 51.1. The molecule has 0 radical (unpaired) electrons. The Bertz CT molecular complexity index is 3960. The molecule has 8 rings (SSSR count). The van der Waals surface area contributed by atoms with Gasteiger partial charge in [0.15, 0.2) is 10.2 Å². The van der Waals surface area contributed by atoms with Gasteiger partial charge in [0.25, 0.3) is 0 Å². The third-order valence-corrected chi connectivity index (χ3v) is 15.0. The lowest BCUT2D eigenvalue weighted by Crippen LogP contribution is -2.48. The van der Waals surface area contributed by atoms with Crippen molar-refractivity contribution in [2.24, 2.45) is 10.8 Å². The predicted octanol–water partition coefficient (Wildman–Crippen LogP) is 16.8. The molecule has 636 valence electrons. The van der Waals surface area contributed by atoms with E-state index < -0.39 is 40.9 Å². The van der Waals surface area contributed by atoms with Crippen LogP contribution in [0.25, 0.3) is 0 Å².